The number of H-pyrrole nitrogens is 1. The zero-order valence-electron chi connectivity index (χ0n) is 18.5. The van der Waals surface area contributed by atoms with E-state index >= 15 is 0 Å². The van der Waals surface area contributed by atoms with Gasteiger partial charge in [-0.05, 0) is 6.92 Å². The second kappa shape index (κ2) is 11.2. The summed E-state index contributed by atoms with van der Waals surface area (Å²) in [4.78, 5) is 45.2. The molecule has 3 heterocycles. The number of phosphoric ester groups is 2. The molecule has 0 spiro atoms. The number of aryl methyl sites for hydroxylation is 1. The zero-order chi connectivity index (χ0) is 27.0. The molecule has 1 aromatic heterocycles. The molecular weight excluding hydrogens is 538 g/mol. The third-order valence-electron chi connectivity index (χ3n) is 5.35. The van der Waals surface area contributed by atoms with Crippen molar-refractivity contribution in [2.45, 2.75) is 62.5 Å². The molecule has 0 bridgehead atoms. The molecule has 8 N–H and O–H groups in total. The monoisotopic (exact) mass is 564 g/mol. The molecule has 4 unspecified atom stereocenters. The summed E-state index contributed by atoms with van der Waals surface area (Å²) in [6.07, 6.45) is -12.2. The zero-order valence-corrected chi connectivity index (χ0v) is 20.3. The standard InChI is InChI=1S/C16H26N2O16P2/c1-6-3-18(16(25)17-14(6)24)10-2-7(20)9(31-10)5-30-35(26,27)34-36(28,29)33-15-13(23)12(22)11(21)8(4-19)32-15/h3,7-13,15,19-23H,2,4-5H2,1H3,(H,26,27)(H,28,29)(H,17,24,25)/t7-,8?,9-,10-,11-,12+,13?,15-/m1/s1. The number of rotatable bonds is 9. The first kappa shape index (κ1) is 29.2. The molecule has 36 heavy (non-hydrogen) atoms. The van der Waals surface area contributed by atoms with E-state index in [-0.39, 0.29) is 12.0 Å². The lowest BCUT2D eigenvalue weighted by Crippen LogP contribution is -2.58. The van der Waals surface area contributed by atoms with Crippen molar-refractivity contribution in [2.75, 3.05) is 13.2 Å². The number of nitrogens with one attached hydrogen (secondary N) is 1. The van der Waals surface area contributed by atoms with Gasteiger partial charge in [0, 0.05) is 18.2 Å². The third kappa shape index (κ3) is 6.75. The number of hydrogen-bond donors (Lipinski definition) is 8. The van der Waals surface area contributed by atoms with Crippen LogP contribution in [0.3, 0.4) is 0 Å². The largest absolute Gasteiger partial charge is 0.483 e. The van der Waals surface area contributed by atoms with Gasteiger partial charge in [-0.2, -0.15) is 4.31 Å². The molecule has 0 aromatic carbocycles. The van der Waals surface area contributed by atoms with E-state index in [0.717, 1.165) is 4.57 Å². The second-order valence-corrected chi connectivity index (χ2v) is 11.0. The average molecular weight is 564 g/mol. The summed E-state index contributed by atoms with van der Waals surface area (Å²) in [5.41, 5.74) is -1.27. The summed E-state index contributed by atoms with van der Waals surface area (Å²) in [6.45, 7) is -0.305. The van der Waals surface area contributed by atoms with Gasteiger partial charge in [0.1, 0.15) is 36.7 Å². The Balaban J connectivity index is 1.59. The normalized spacial score (nSPS) is 36.3. The molecule has 18 nitrogen and oxygen atoms in total. The number of aromatic amines is 1. The summed E-state index contributed by atoms with van der Waals surface area (Å²) in [5.74, 6) is 0. The number of aliphatic hydroxyl groups is 5. The van der Waals surface area contributed by atoms with Gasteiger partial charge in [-0.25, -0.2) is 13.9 Å². The highest BCUT2D eigenvalue weighted by Crippen LogP contribution is 2.61. The molecule has 0 saturated carbocycles. The molecule has 3 rings (SSSR count). The number of ether oxygens (including phenoxy) is 2. The van der Waals surface area contributed by atoms with E-state index in [4.69, 9.17) is 14.6 Å². The number of aromatic nitrogens is 2. The molecule has 2 fully saturated rings. The van der Waals surface area contributed by atoms with Crippen molar-refractivity contribution in [3.8, 4) is 0 Å². The second-order valence-electron chi connectivity index (χ2n) is 8.03. The Morgan fingerprint density at radius 3 is 2.36 bits per heavy atom. The minimum absolute atomic E-state index is 0.172. The Morgan fingerprint density at radius 2 is 1.72 bits per heavy atom. The van der Waals surface area contributed by atoms with Crippen LogP contribution in [0.5, 0.6) is 0 Å². The minimum Gasteiger partial charge on any atom is -0.394 e. The number of nitrogens with zero attached hydrogens (tertiary/aromatic N) is 1. The topological polar surface area (TPSA) is 277 Å². The van der Waals surface area contributed by atoms with Crippen molar-refractivity contribution in [1.29, 1.82) is 0 Å². The van der Waals surface area contributed by atoms with Gasteiger partial charge < -0.3 is 44.8 Å². The Kier molecular flexibility index (Phi) is 9.08. The van der Waals surface area contributed by atoms with Crippen LogP contribution in [0.1, 0.15) is 18.2 Å². The lowest BCUT2D eigenvalue weighted by atomic mass is 10.00. The van der Waals surface area contributed by atoms with Gasteiger partial charge in [0.05, 0.1) is 19.3 Å². The highest BCUT2D eigenvalue weighted by atomic mass is 31.3. The average Bonchev–Trinajstić information content (AvgIpc) is 3.14. The predicted octanol–water partition coefficient (Wildman–Crippen LogP) is -3.46. The van der Waals surface area contributed by atoms with Crippen LogP contribution in [0.2, 0.25) is 0 Å². The van der Waals surface area contributed by atoms with Crippen LogP contribution < -0.4 is 11.2 Å². The van der Waals surface area contributed by atoms with Crippen molar-refractivity contribution in [3.05, 3.63) is 32.6 Å². The predicted molar refractivity (Wildman–Crippen MR) is 112 cm³/mol. The summed E-state index contributed by atoms with van der Waals surface area (Å²) in [5, 5.41) is 48.5. The van der Waals surface area contributed by atoms with Gasteiger partial charge in [0.2, 0.25) is 0 Å². The first-order valence-electron chi connectivity index (χ1n) is 10.3. The van der Waals surface area contributed by atoms with Crippen LogP contribution in [0.4, 0.5) is 0 Å². The molecular formula is C16H26N2O16P2. The van der Waals surface area contributed by atoms with Crippen molar-refractivity contribution in [1.82, 2.24) is 9.55 Å². The van der Waals surface area contributed by atoms with Crippen LogP contribution in [0.15, 0.2) is 15.8 Å². The molecule has 0 radical (unpaired) electrons. The Morgan fingerprint density at radius 1 is 1.06 bits per heavy atom. The van der Waals surface area contributed by atoms with E-state index in [1.165, 1.54) is 13.1 Å². The molecule has 0 amide bonds. The van der Waals surface area contributed by atoms with Gasteiger partial charge in [-0.1, -0.05) is 0 Å². The molecule has 0 aliphatic carbocycles. The van der Waals surface area contributed by atoms with Crippen LogP contribution in [-0.4, -0.2) is 101 Å². The molecule has 1 aromatic rings. The molecule has 2 saturated heterocycles. The van der Waals surface area contributed by atoms with Crippen molar-refractivity contribution < 1.29 is 67.3 Å². The Bertz CT molecular complexity index is 1140. The van der Waals surface area contributed by atoms with Crippen LogP contribution in [0, 0.1) is 6.92 Å². The van der Waals surface area contributed by atoms with Gasteiger partial charge in [-0.3, -0.25) is 23.4 Å². The van der Waals surface area contributed by atoms with Crippen molar-refractivity contribution >= 4 is 15.6 Å². The lowest BCUT2D eigenvalue weighted by Gasteiger charge is -2.39. The number of aliphatic hydroxyl groups excluding tert-OH is 5. The summed E-state index contributed by atoms with van der Waals surface area (Å²) >= 11 is 0. The third-order valence-corrected chi connectivity index (χ3v) is 7.95. The lowest BCUT2D eigenvalue weighted by molar-refractivity contribution is -0.280. The quantitative estimate of drug-likeness (QED) is 0.135. The maximum Gasteiger partial charge on any atom is 0.483 e. The molecule has 20 heteroatoms. The van der Waals surface area contributed by atoms with Crippen LogP contribution in [0.25, 0.3) is 0 Å². The van der Waals surface area contributed by atoms with Gasteiger partial charge in [-0.15, -0.1) is 0 Å². The molecule has 2 aliphatic heterocycles. The minimum atomic E-state index is -5.54. The number of hydrogen-bond acceptors (Lipinski definition) is 14. The van der Waals surface area contributed by atoms with Crippen molar-refractivity contribution in [2.24, 2.45) is 0 Å². The van der Waals surface area contributed by atoms with E-state index in [2.05, 4.69) is 18.3 Å². The van der Waals surface area contributed by atoms with Crippen molar-refractivity contribution in [3.63, 3.8) is 0 Å². The Labute approximate surface area is 201 Å². The van der Waals surface area contributed by atoms with E-state index in [9.17, 15) is 48.9 Å². The van der Waals surface area contributed by atoms with E-state index in [1.807, 2.05) is 0 Å². The highest BCUT2D eigenvalue weighted by molar-refractivity contribution is 7.61. The van der Waals surface area contributed by atoms with E-state index < -0.39 is 89.2 Å². The Hall–Kier alpha value is -1.34. The highest BCUT2D eigenvalue weighted by Gasteiger charge is 2.48. The summed E-state index contributed by atoms with van der Waals surface area (Å²) < 4.78 is 48.8. The van der Waals surface area contributed by atoms with Crippen LogP contribution in [-0.2, 0) is 32.0 Å². The summed E-state index contributed by atoms with van der Waals surface area (Å²) in [7, 11) is -10.9. The number of phosphoric acid groups is 2. The smallest absolute Gasteiger partial charge is 0.394 e. The fourth-order valence-electron chi connectivity index (χ4n) is 3.46. The maximum absolute atomic E-state index is 12.2. The van der Waals surface area contributed by atoms with Crippen LogP contribution >= 0.6 is 15.6 Å². The van der Waals surface area contributed by atoms with Gasteiger partial charge >= 0.3 is 21.3 Å². The van der Waals surface area contributed by atoms with E-state index in [1.54, 1.807) is 0 Å². The SMILES string of the molecule is Cc1cn([C@H]2C[C@@H](O)[C@@H](COP(=O)(O)OP(=O)(O)O[C@H]3OC(CO)[C@@H](O)[C@H](O)C3O)O2)c(=O)[nH]c1=O. The maximum atomic E-state index is 12.2. The van der Waals surface area contributed by atoms with Gasteiger partial charge in [0.25, 0.3) is 5.56 Å². The molecule has 2 aliphatic rings. The fourth-order valence-corrected chi connectivity index (χ4v) is 5.62. The molecule has 10 atom stereocenters. The fraction of sp³-hybridized carbons (Fsp3) is 0.750. The summed E-state index contributed by atoms with van der Waals surface area (Å²) in [6, 6.07) is 0. The first-order chi connectivity index (χ1) is 16.6. The molecule has 206 valence electrons. The first-order valence-corrected chi connectivity index (χ1v) is 13.3. The van der Waals surface area contributed by atoms with Gasteiger partial charge in [0.15, 0.2) is 6.29 Å². The van der Waals surface area contributed by atoms with E-state index in [0.29, 0.717) is 0 Å².